The normalized spacial score (nSPS) is 11.0. The van der Waals surface area contributed by atoms with E-state index in [1.54, 1.807) is 30.8 Å². The quantitative estimate of drug-likeness (QED) is 0.0604. The van der Waals surface area contributed by atoms with Gasteiger partial charge in [0, 0.05) is 57.6 Å². The average molecular weight is 1080 g/mol. The zero-order valence-corrected chi connectivity index (χ0v) is 44.1. The van der Waals surface area contributed by atoms with Crippen LogP contribution in [-0.4, -0.2) is 45.7 Å². The largest absolute Gasteiger partial charge is 0.508 e. The number of phenols is 1. The SMILES string of the molecule is Nc1n[nH]c2cc(-c3ccc(O)cc3)c(-c3cccnc3)cc12.Nc1n[nH]c2cc(-c3ccc(OCc4ccccc4)cc3)c(-c3cccnc3)cc12.Nc1n[nH]c2cc(-c3ccc(OCc4ccccc4)cc3)c(-c3ccco3)cc12. The summed E-state index contributed by atoms with van der Waals surface area (Å²) in [6.07, 6.45) is 8.86. The van der Waals surface area contributed by atoms with Crippen LogP contribution in [0.15, 0.2) is 242 Å². The summed E-state index contributed by atoms with van der Waals surface area (Å²) in [4.78, 5) is 8.48. The Kier molecular flexibility index (Phi) is 14.6. The summed E-state index contributed by atoms with van der Waals surface area (Å²) < 4.78 is 17.5. The molecule has 0 fully saturated rings. The van der Waals surface area contributed by atoms with Crippen molar-refractivity contribution in [3.63, 3.8) is 0 Å². The van der Waals surface area contributed by atoms with Gasteiger partial charge in [0.1, 0.15) is 36.2 Å². The number of aromatic nitrogens is 8. The van der Waals surface area contributed by atoms with Crippen molar-refractivity contribution in [1.29, 1.82) is 0 Å². The van der Waals surface area contributed by atoms with Gasteiger partial charge in [-0.15, -0.1) is 0 Å². The van der Waals surface area contributed by atoms with E-state index in [4.69, 9.17) is 31.1 Å². The van der Waals surface area contributed by atoms with Crippen molar-refractivity contribution in [1.82, 2.24) is 40.6 Å². The molecule has 10 N–H and O–H groups in total. The highest BCUT2D eigenvalue weighted by Gasteiger charge is 2.17. The third kappa shape index (κ3) is 11.3. The van der Waals surface area contributed by atoms with Crippen LogP contribution in [-0.2, 0) is 13.2 Å². The molecule has 82 heavy (non-hydrogen) atoms. The Balaban J connectivity index is 0.000000123. The van der Waals surface area contributed by atoms with E-state index in [0.717, 1.165) is 122 Å². The van der Waals surface area contributed by atoms with Gasteiger partial charge in [-0.3, -0.25) is 25.3 Å². The van der Waals surface area contributed by atoms with Crippen molar-refractivity contribution < 1.29 is 19.0 Å². The van der Waals surface area contributed by atoms with Crippen LogP contribution in [0.4, 0.5) is 17.5 Å². The van der Waals surface area contributed by atoms with Gasteiger partial charge in [-0.25, -0.2) is 0 Å². The summed E-state index contributed by atoms with van der Waals surface area (Å²) in [5.41, 5.74) is 34.3. The molecule has 0 saturated carbocycles. The summed E-state index contributed by atoms with van der Waals surface area (Å²) in [6, 6.07) is 67.6. The lowest BCUT2D eigenvalue weighted by Gasteiger charge is -2.12. The topological polar surface area (TPSA) is 242 Å². The van der Waals surface area contributed by atoms with Gasteiger partial charge in [0.2, 0.25) is 0 Å². The standard InChI is InChI=1S/C25H20N4O.C24H19N3O2.C18H14N4O/c26-25-23-13-21(19-7-4-12-27-15-19)22(14-24(23)28-29-25)18-8-10-20(11-9-18)30-16-17-5-2-1-3-6-17;25-24-21-13-20(23-7-4-12-28-23)19(14-22(21)26-27-24)17-8-10-18(11-9-17)29-15-16-5-2-1-3-6-16;19-18-16-8-14(12-2-1-7-20-10-12)15(9-17(16)21-22-18)11-3-5-13(23)6-4-11/h1-15H,16H2,(H3,26,28,29);1-14H,15H2,(H3,25,26,27);1-10,23H,(H3,19,21,22). The van der Waals surface area contributed by atoms with Gasteiger partial charge in [0.05, 0.1) is 22.8 Å². The van der Waals surface area contributed by atoms with Gasteiger partial charge < -0.3 is 36.2 Å². The number of nitrogens with two attached hydrogens (primary N) is 3. The number of nitrogens with one attached hydrogen (secondary N) is 3. The molecule has 0 unspecified atom stereocenters. The van der Waals surface area contributed by atoms with E-state index >= 15 is 0 Å². The molecule has 14 aromatic rings. The maximum absolute atomic E-state index is 9.52. The van der Waals surface area contributed by atoms with Gasteiger partial charge in [-0.1, -0.05) is 109 Å². The van der Waals surface area contributed by atoms with Gasteiger partial charge in [-0.2, -0.15) is 15.3 Å². The number of H-pyrrole nitrogens is 3. The van der Waals surface area contributed by atoms with E-state index in [0.29, 0.717) is 30.7 Å². The Morgan fingerprint density at radius 3 is 1.17 bits per heavy atom. The smallest absolute Gasteiger partial charge is 0.153 e. The zero-order valence-electron chi connectivity index (χ0n) is 44.1. The minimum Gasteiger partial charge on any atom is -0.508 e. The highest BCUT2D eigenvalue weighted by atomic mass is 16.5. The molecule has 6 heterocycles. The predicted octanol–water partition coefficient (Wildman–Crippen LogP) is 14.7. The van der Waals surface area contributed by atoms with Crippen molar-refractivity contribution in [2.45, 2.75) is 13.2 Å². The fraction of sp³-hybridized carbons (Fsp3) is 0.0299. The van der Waals surface area contributed by atoms with E-state index in [-0.39, 0.29) is 5.75 Å². The summed E-state index contributed by atoms with van der Waals surface area (Å²) >= 11 is 0. The number of aromatic hydroxyl groups is 1. The number of phenolic OH excluding ortho intramolecular Hbond substituents is 1. The maximum atomic E-state index is 9.52. The Bertz CT molecular complexity index is 4400. The fourth-order valence-electron chi connectivity index (χ4n) is 9.71. The molecule has 6 aromatic heterocycles. The fourth-order valence-corrected chi connectivity index (χ4v) is 9.71. The van der Waals surface area contributed by atoms with Crippen molar-refractivity contribution in [3.8, 4) is 84.2 Å². The second-order valence-corrected chi connectivity index (χ2v) is 19.3. The Hall–Kier alpha value is -11.5. The second-order valence-electron chi connectivity index (χ2n) is 19.3. The summed E-state index contributed by atoms with van der Waals surface area (Å²) in [6.45, 7) is 1.08. The molecule has 8 aromatic carbocycles. The molecule has 0 aliphatic carbocycles. The van der Waals surface area contributed by atoms with E-state index in [1.807, 2.05) is 152 Å². The number of furan rings is 1. The van der Waals surface area contributed by atoms with E-state index in [1.165, 1.54) is 0 Å². The van der Waals surface area contributed by atoms with Crippen LogP contribution in [0.5, 0.6) is 17.2 Å². The number of nitrogens with zero attached hydrogens (tertiary/aromatic N) is 5. The van der Waals surface area contributed by atoms with Gasteiger partial charge in [0.15, 0.2) is 17.5 Å². The van der Waals surface area contributed by atoms with Crippen molar-refractivity contribution in [2.24, 2.45) is 0 Å². The highest BCUT2D eigenvalue weighted by molar-refractivity contribution is 6.01. The lowest BCUT2D eigenvalue weighted by Crippen LogP contribution is -1.95. The van der Waals surface area contributed by atoms with Gasteiger partial charge in [-0.05, 0) is 153 Å². The number of rotatable bonds is 12. The molecule has 15 heteroatoms. The summed E-state index contributed by atoms with van der Waals surface area (Å²) in [5.74, 6) is 4.12. The number of pyridine rings is 2. The molecule has 0 atom stereocenters. The third-order valence-corrected chi connectivity index (χ3v) is 13.9. The lowest BCUT2D eigenvalue weighted by atomic mass is 9.94. The number of hydrogen-bond donors (Lipinski definition) is 7. The van der Waals surface area contributed by atoms with Crippen LogP contribution < -0.4 is 26.7 Å². The Morgan fingerprint density at radius 1 is 0.390 bits per heavy atom. The van der Waals surface area contributed by atoms with Crippen LogP contribution in [0.1, 0.15) is 11.1 Å². The lowest BCUT2D eigenvalue weighted by molar-refractivity contribution is 0.306. The molecule has 0 bridgehead atoms. The van der Waals surface area contributed by atoms with E-state index < -0.39 is 0 Å². The molecule has 400 valence electrons. The number of anilines is 3. The van der Waals surface area contributed by atoms with Crippen molar-refractivity contribution >= 4 is 50.2 Å². The second kappa shape index (κ2) is 23.3. The molecule has 0 saturated heterocycles. The summed E-state index contributed by atoms with van der Waals surface area (Å²) in [5, 5.41) is 33.5. The Morgan fingerprint density at radius 2 is 0.780 bits per heavy atom. The van der Waals surface area contributed by atoms with E-state index in [2.05, 4.69) is 95.2 Å². The molecular weight excluding hydrogens is 1020 g/mol. The monoisotopic (exact) mass is 1080 g/mol. The minimum atomic E-state index is 0.239. The van der Waals surface area contributed by atoms with Crippen LogP contribution in [0.25, 0.3) is 99.7 Å². The average Bonchev–Trinajstić information content (AvgIpc) is 4.34. The number of nitrogen functional groups attached to an aromatic ring is 3. The first-order valence-corrected chi connectivity index (χ1v) is 26.3. The number of fused-ring (bicyclic) bond motifs is 3. The molecule has 0 radical (unpaired) electrons. The third-order valence-electron chi connectivity index (χ3n) is 13.9. The van der Waals surface area contributed by atoms with E-state index in [9.17, 15) is 5.11 Å². The highest BCUT2D eigenvalue weighted by Crippen LogP contribution is 2.40. The molecule has 15 nitrogen and oxygen atoms in total. The predicted molar refractivity (Wildman–Crippen MR) is 325 cm³/mol. The zero-order chi connectivity index (χ0) is 55.8. The molecular formula is C67H53N11O4. The Labute approximate surface area is 470 Å². The molecule has 0 aliphatic heterocycles. The maximum Gasteiger partial charge on any atom is 0.153 e. The first kappa shape index (κ1) is 51.3. The molecule has 0 aliphatic rings. The molecule has 0 amide bonds. The van der Waals surface area contributed by atoms with Crippen molar-refractivity contribution in [3.05, 3.63) is 248 Å². The number of benzene rings is 8. The molecule has 14 rings (SSSR count). The number of hydrogen-bond acceptors (Lipinski definition) is 12. The van der Waals surface area contributed by atoms with Crippen molar-refractivity contribution in [2.75, 3.05) is 17.2 Å². The number of aromatic amines is 3. The number of ether oxygens (including phenoxy) is 2. The summed E-state index contributed by atoms with van der Waals surface area (Å²) in [7, 11) is 0. The van der Waals surface area contributed by atoms with Crippen LogP contribution in [0.2, 0.25) is 0 Å². The van der Waals surface area contributed by atoms with Gasteiger partial charge in [0.25, 0.3) is 0 Å². The van der Waals surface area contributed by atoms with Crippen LogP contribution in [0, 0.1) is 0 Å². The first-order chi connectivity index (χ1) is 40.3. The van der Waals surface area contributed by atoms with Crippen LogP contribution in [0.3, 0.4) is 0 Å². The first-order valence-electron chi connectivity index (χ1n) is 26.3. The minimum absolute atomic E-state index is 0.239. The van der Waals surface area contributed by atoms with Crippen LogP contribution >= 0.6 is 0 Å². The van der Waals surface area contributed by atoms with Gasteiger partial charge >= 0.3 is 0 Å². The molecule has 0 spiro atoms.